The van der Waals surface area contributed by atoms with Crippen molar-refractivity contribution in [2.45, 2.75) is 52.0 Å². The second-order valence-corrected chi connectivity index (χ2v) is 6.05. The van der Waals surface area contributed by atoms with E-state index in [1.54, 1.807) is 0 Å². The van der Waals surface area contributed by atoms with Gasteiger partial charge in [-0.3, -0.25) is 4.79 Å². The minimum absolute atomic E-state index is 0.323. The van der Waals surface area contributed by atoms with Gasteiger partial charge in [0.25, 0.3) is 0 Å². The van der Waals surface area contributed by atoms with E-state index in [4.69, 9.17) is 0 Å². The van der Waals surface area contributed by atoms with Crippen molar-refractivity contribution < 1.29 is 4.79 Å². The van der Waals surface area contributed by atoms with Crippen molar-refractivity contribution in [2.75, 3.05) is 19.6 Å². The lowest BCUT2D eigenvalue weighted by Crippen LogP contribution is -2.46. The number of carbonyl (C=O) groups excluding carboxylic acids is 1. The average Bonchev–Trinajstić information content (AvgIpc) is 2.52. The number of rotatable bonds is 6. The summed E-state index contributed by atoms with van der Waals surface area (Å²) in [5.41, 5.74) is 2.53. The zero-order valence-electron chi connectivity index (χ0n) is 13.4. The molecule has 1 N–H and O–H groups in total. The molecule has 0 spiro atoms. The summed E-state index contributed by atoms with van der Waals surface area (Å²) in [5, 5.41) is 3.38. The Morgan fingerprint density at radius 1 is 1.24 bits per heavy atom. The van der Waals surface area contributed by atoms with Gasteiger partial charge in [0.05, 0.1) is 0 Å². The van der Waals surface area contributed by atoms with Crippen LogP contribution in [0, 0.1) is 6.92 Å². The number of hydrogen-bond donors (Lipinski definition) is 1. The number of nitrogens with one attached hydrogen (secondary N) is 1. The van der Waals surface area contributed by atoms with E-state index in [-0.39, 0.29) is 0 Å². The predicted octanol–water partition coefficient (Wildman–Crippen LogP) is 2.92. The van der Waals surface area contributed by atoms with Gasteiger partial charge in [-0.05, 0) is 51.3 Å². The van der Waals surface area contributed by atoms with Crippen LogP contribution in [0.3, 0.4) is 0 Å². The molecule has 1 aromatic carbocycles. The Kier molecular flexibility index (Phi) is 6.24. The van der Waals surface area contributed by atoms with E-state index in [9.17, 15) is 4.79 Å². The quantitative estimate of drug-likeness (QED) is 0.873. The highest BCUT2D eigenvalue weighted by molar-refractivity contribution is 5.76. The Bertz CT molecular complexity index is 435. The van der Waals surface area contributed by atoms with Crippen molar-refractivity contribution in [2.24, 2.45) is 0 Å². The predicted molar refractivity (Wildman–Crippen MR) is 87.4 cm³/mol. The molecule has 0 bridgehead atoms. The van der Waals surface area contributed by atoms with Crippen molar-refractivity contribution in [1.29, 1.82) is 0 Å². The molecule has 1 heterocycles. The fourth-order valence-corrected chi connectivity index (χ4v) is 3.02. The maximum atomic E-state index is 12.6. The third kappa shape index (κ3) is 4.85. The van der Waals surface area contributed by atoms with Gasteiger partial charge in [0, 0.05) is 19.0 Å². The summed E-state index contributed by atoms with van der Waals surface area (Å²) in [6.45, 7) is 7.22. The Labute approximate surface area is 128 Å². The third-order valence-electron chi connectivity index (χ3n) is 4.28. The molecule has 3 nitrogen and oxygen atoms in total. The van der Waals surface area contributed by atoms with Gasteiger partial charge in [0.1, 0.15) is 0 Å². The molecule has 0 saturated carbocycles. The largest absolute Gasteiger partial charge is 0.340 e. The number of benzene rings is 1. The second kappa shape index (κ2) is 8.18. The Hall–Kier alpha value is -1.35. The minimum atomic E-state index is 0.323. The van der Waals surface area contributed by atoms with E-state index >= 15 is 0 Å². The van der Waals surface area contributed by atoms with E-state index in [0.29, 0.717) is 18.4 Å². The summed E-state index contributed by atoms with van der Waals surface area (Å²) in [4.78, 5) is 14.7. The Morgan fingerprint density at radius 3 is 2.52 bits per heavy atom. The molecule has 116 valence electrons. The number of nitrogens with zero attached hydrogens (tertiary/aromatic N) is 1. The molecule has 1 aliphatic heterocycles. The number of piperidine rings is 1. The summed E-state index contributed by atoms with van der Waals surface area (Å²) in [5.74, 6) is 0.323. The summed E-state index contributed by atoms with van der Waals surface area (Å²) >= 11 is 0. The first-order valence-corrected chi connectivity index (χ1v) is 8.26. The van der Waals surface area contributed by atoms with Crippen LogP contribution in [0.1, 0.15) is 43.7 Å². The van der Waals surface area contributed by atoms with Gasteiger partial charge in [0.2, 0.25) is 5.91 Å². The number of amides is 1. The SMILES string of the molecule is CCCN(C(=O)CCc1ccc(C)cc1)C1CCNCC1. The van der Waals surface area contributed by atoms with Crippen LogP contribution in [0.15, 0.2) is 24.3 Å². The van der Waals surface area contributed by atoms with E-state index in [1.807, 2.05) is 0 Å². The minimum Gasteiger partial charge on any atom is -0.340 e. The Morgan fingerprint density at radius 2 is 1.90 bits per heavy atom. The van der Waals surface area contributed by atoms with Gasteiger partial charge >= 0.3 is 0 Å². The van der Waals surface area contributed by atoms with Crippen LogP contribution in [0.2, 0.25) is 0 Å². The highest BCUT2D eigenvalue weighted by Crippen LogP contribution is 2.15. The first-order chi connectivity index (χ1) is 10.2. The van der Waals surface area contributed by atoms with Crippen LogP contribution >= 0.6 is 0 Å². The number of carbonyl (C=O) groups is 1. The van der Waals surface area contributed by atoms with Crippen LogP contribution in [-0.2, 0) is 11.2 Å². The zero-order valence-corrected chi connectivity index (χ0v) is 13.4. The molecule has 1 saturated heterocycles. The van der Waals surface area contributed by atoms with Crippen LogP contribution in [0.4, 0.5) is 0 Å². The van der Waals surface area contributed by atoms with Crippen molar-refractivity contribution in [3.63, 3.8) is 0 Å². The lowest BCUT2D eigenvalue weighted by atomic mass is 10.0. The summed E-state index contributed by atoms with van der Waals surface area (Å²) in [6.07, 6.45) is 4.71. The molecule has 0 atom stereocenters. The second-order valence-electron chi connectivity index (χ2n) is 6.05. The summed E-state index contributed by atoms with van der Waals surface area (Å²) in [7, 11) is 0. The standard InChI is InChI=1S/C18H28N2O/c1-3-14-20(17-10-12-19-13-11-17)18(21)9-8-16-6-4-15(2)5-7-16/h4-7,17,19H,3,8-14H2,1-2H3. The molecule has 2 rings (SSSR count). The molecule has 0 aromatic heterocycles. The molecule has 0 aliphatic carbocycles. The van der Waals surface area contributed by atoms with Crippen molar-refractivity contribution >= 4 is 5.91 Å². The molecule has 1 aliphatic rings. The molecule has 21 heavy (non-hydrogen) atoms. The summed E-state index contributed by atoms with van der Waals surface area (Å²) < 4.78 is 0. The topological polar surface area (TPSA) is 32.3 Å². The summed E-state index contributed by atoms with van der Waals surface area (Å²) in [6, 6.07) is 8.96. The molecule has 0 radical (unpaired) electrons. The maximum absolute atomic E-state index is 12.6. The highest BCUT2D eigenvalue weighted by Gasteiger charge is 2.24. The fraction of sp³-hybridized carbons (Fsp3) is 0.611. The monoisotopic (exact) mass is 288 g/mol. The van der Waals surface area contributed by atoms with E-state index in [2.05, 4.69) is 48.3 Å². The number of aryl methyl sites for hydroxylation is 2. The molecular formula is C18H28N2O. The van der Waals surface area contributed by atoms with Crippen LogP contribution < -0.4 is 5.32 Å². The van der Waals surface area contributed by atoms with Gasteiger partial charge in [-0.15, -0.1) is 0 Å². The van der Waals surface area contributed by atoms with Crippen molar-refractivity contribution in [3.8, 4) is 0 Å². The van der Waals surface area contributed by atoms with Crippen molar-refractivity contribution in [3.05, 3.63) is 35.4 Å². The van der Waals surface area contributed by atoms with E-state index in [1.165, 1.54) is 11.1 Å². The zero-order chi connectivity index (χ0) is 15.1. The molecule has 0 unspecified atom stereocenters. The molecule has 1 aromatic rings. The number of hydrogen-bond acceptors (Lipinski definition) is 2. The van der Waals surface area contributed by atoms with Gasteiger partial charge < -0.3 is 10.2 Å². The lowest BCUT2D eigenvalue weighted by molar-refractivity contribution is -0.134. The molecular weight excluding hydrogens is 260 g/mol. The van der Waals surface area contributed by atoms with E-state index in [0.717, 1.165) is 45.3 Å². The fourth-order valence-electron chi connectivity index (χ4n) is 3.02. The molecule has 1 amide bonds. The van der Waals surface area contributed by atoms with Crippen LogP contribution in [-0.4, -0.2) is 36.5 Å². The molecule has 3 heteroatoms. The lowest BCUT2D eigenvalue weighted by Gasteiger charge is -2.34. The van der Waals surface area contributed by atoms with Gasteiger partial charge in [-0.25, -0.2) is 0 Å². The van der Waals surface area contributed by atoms with Gasteiger partial charge in [0.15, 0.2) is 0 Å². The smallest absolute Gasteiger partial charge is 0.223 e. The third-order valence-corrected chi connectivity index (χ3v) is 4.28. The Balaban J connectivity index is 1.89. The van der Waals surface area contributed by atoms with Crippen molar-refractivity contribution in [1.82, 2.24) is 10.2 Å². The first kappa shape index (κ1) is 16.0. The van der Waals surface area contributed by atoms with E-state index < -0.39 is 0 Å². The van der Waals surface area contributed by atoms with Crippen LogP contribution in [0.5, 0.6) is 0 Å². The maximum Gasteiger partial charge on any atom is 0.223 e. The van der Waals surface area contributed by atoms with Gasteiger partial charge in [-0.1, -0.05) is 36.8 Å². The van der Waals surface area contributed by atoms with Gasteiger partial charge in [-0.2, -0.15) is 0 Å². The highest BCUT2D eigenvalue weighted by atomic mass is 16.2. The average molecular weight is 288 g/mol. The molecule has 1 fully saturated rings. The first-order valence-electron chi connectivity index (χ1n) is 8.26. The van der Waals surface area contributed by atoms with Crippen LogP contribution in [0.25, 0.3) is 0 Å². The normalized spacial score (nSPS) is 15.9.